The van der Waals surface area contributed by atoms with Crippen LogP contribution >= 0.6 is 0 Å². The molecular formula is C14H23NO2. The van der Waals surface area contributed by atoms with Crippen molar-refractivity contribution >= 4 is 5.97 Å². The lowest BCUT2D eigenvalue weighted by molar-refractivity contribution is -0.132. The molecule has 0 unspecified atom stereocenters. The molecule has 0 saturated heterocycles. The molecule has 0 amide bonds. The Morgan fingerprint density at radius 2 is 2.35 bits per heavy atom. The third-order valence-corrected chi connectivity index (χ3v) is 3.16. The third-order valence-electron chi connectivity index (χ3n) is 3.16. The Bertz CT molecular complexity index is 305. The molecule has 0 heterocycles. The maximum absolute atomic E-state index is 10.7. The van der Waals surface area contributed by atoms with Gasteiger partial charge in [-0.1, -0.05) is 24.6 Å². The van der Waals surface area contributed by atoms with Gasteiger partial charge in [-0.15, -0.1) is 0 Å². The van der Waals surface area contributed by atoms with Gasteiger partial charge in [-0.25, -0.2) is 4.79 Å². The van der Waals surface area contributed by atoms with E-state index in [1.807, 2.05) is 6.92 Å². The van der Waals surface area contributed by atoms with Gasteiger partial charge in [-0.05, 0) is 45.1 Å². The Morgan fingerprint density at radius 3 is 2.94 bits per heavy atom. The second kappa shape index (κ2) is 8.07. The van der Waals surface area contributed by atoms with Crippen LogP contribution in [0.4, 0.5) is 0 Å². The van der Waals surface area contributed by atoms with Crippen molar-refractivity contribution in [1.82, 2.24) is 5.32 Å². The van der Waals surface area contributed by atoms with Crippen molar-refractivity contribution in [2.45, 2.75) is 45.4 Å². The molecule has 0 bridgehead atoms. The minimum atomic E-state index is -0.802. The summed E-state index contributed by atoms with van der Waals surface area (Å²) in [6.07, 6.45) is 10.9. The fraction of sp³-hybridized carbons (Fsp3) is 0.643. The lowest BCUT2D eigenvalue weighted by atomic mass is 9.97. The third kappa shape index (κ3) is 5.68. The standard InChI is InChI=1S/C14H23NO2/c1-2-13(14(16)17)9-11-15-10-8-12-6-4-3-5-7-12/h6,9,15H,2-5,7-8,10-11H2,1H3,(H,16,17). The summed E-state index contributed by atoms with van der Waals surface area (Å²) in [5.41, 5.74) is 2.05. The number of carboxylic acids is 1. The van der Waals surface area contributed by atoms with E-state index in [-0.39, 0.29) is 0 Å². The van der Waals surface area contributed by atoms with Crippen LogP contribution in [0.5, 0.6) is 0 Å². The smallest absolute Gasteiger partial charge is 0.331 e. The molecule has 17 heavy (non-hydrogen) atoms. The van der Waals surface area contributed by atoms with Crippen molar-refractivity contribution in [3.8, 4) is 0 Å². The van der Waals surface area contributed by atoms with Crippen LogP contribution in [0.25, 0.3) is 0 Å². The van der Waals surface area contributed by atoms with Crippen LogP contribution in [0.3, 0.4) is 0 Å². The Morgan fingerprint density at radius 1 is 1.53 bits per heavy atom. The molecule has 0 aromatic rings. The first-order valence-corrected chi connectivity index (χ1v) is 6.55. The van der Waals surface area contributed by atoms with Crippen LogP contribution in [0.15, 0.2) is 23.3 Å². The largest absolute Gasteiger partial charge is 0.478 e. The molecule has 0 radical (unpaired) electrons. The highest BCUT2D eigenvalue weighted by Crippen LogP contribution is 2.19. The minimum absolute atomic E-state index is 0.495. The molecule has 1 aliphatic carbocycles. The zero-order valence-electron chi connectivity index (χ0n) is 10.7. The van der Waals surface area contributed by atoms with Crippen molar-refractivity contribution in [3.05, 3.63) is 23.3 Å². The Balaban J connectivity index is 2.15. The summed E-state index contributed by atoms with van der Waals surface area (Å²) in [7, 11) is 0. The number of carboxylic acid groups (broad SMARTS) is 1. The summed E-state index contributed by atoms with van der Waals surface area (Å²) in [6, 6.07) is 0. The van der Waals surface area contributed by atoms with Crippen LogP contribution in [-0.2, 0) is 4.79 Å². The molecule has 3 nitrogen and oxygen atoms in total. The van der Waals surface area contributed by atoms with Crippen LogP contribution in [0, 0.1) is 0 Å². The first-order chi connectivity index (χ1) is 8.24. The fourth-order valence-electron chi connectivity index (χ4n) is 2.06. The van der Waals surface area contributed by atoms with E-state index in [1.54, 1.807) is 11.6 Å². The molecule has 96 valence electrons. The summed E-state index contributed by atoms with van der Waals surface area (Å²) in [4.78, 5) is 10.7. The van der Waals surface area contributed by atoms with Gasteiger partial charge in [-0.2, -0.15) is 0 Å². The summed E-state index contributed by atoms with van der Waals surface area (Å²) >= 11 is 0. The van der Waals surface area contributed by atoms with Gasteiger partial charge < -0.3 is 10.4 Å². The van der Waals surface area contributed by atoms with E-state index in [1.165, 1.54) is 25.7 Å². The van der Waals surface area contributed by atoms with Gasteiger partial charge >= 0.3 is 5.97 Å². The van der Waals surface area contributed by atoms with Crippen molar-refractivity contribution in [2.24, 2.45) is 0 Å². The number of allylic oxidation sites excluding steroid dienone is 1. The average Bonchev–Trinajstić information content (AvgIpc) is 2.34. The van der Waals surface area contributed by atoms with E-state index in [2.05, 4.69) is 11.4 Å². The SMILES string of the molecule is CCC(=CCNCCC1=CCCCC1)C(=O)O. The molecule has 2 N–H and O–H groups in total. The topological polar surface area (TPSA) is 49.3 Å². The van der Waals surface area contributed by atoms with Gasteiger partial charge in [0.1, 0.15) is 0 Å². The molecule has 0 aliphatic heterocycles. The predicted molar refractivity (Wildman–Crippen MR) is 70.0 cm³/mol. The highest BCUT2D eigenvalue weighted by Gasteiger charge is 2.04. The van der Waals surface area contributed by atoms with Gasteiger partial charge in [0.2, 0.25) is 0 Å². The van der Waals surface area contributed by atoms with Gasteiger partial charge in [0.15, 0.2) is 0 Å². The monoisotopic (exact) mass is 237 g/mol. The van der Waals surface area contributed by atoms with E-state index in [0.29, 0.717) is 18.5 Å². The van der Waals surface area contributed by atoms with Gasteiger partial charge in [0.05, 0.1) is 0 Å². The minimum Gasteiger partial charge on any atom is -0.478 e. The number of rotatable bonds is 7. The van der Waals surface area contributed by atoms with Gasteiger partial charge in [0, 0.05) is 12.1 Å². The molecule has 1 rings (SSSR count). The van der Waals surface area contributed by atoms with Crippen LogP contribution in [0.1, 0.15) is 45.4 Å². The van der Waals surface area contributed by atoms with E-state index in [9.17, 15) is 4.79 Å². The maximum atomic E-state index is 10.7. The van der Waals surface area contributed by atoms with Crippen LogP contribution in [0.2, 0.25) is 0 Å². The molecular weight excluding hydrogens is 214 g/mol. The molecule has 0 aromatic carbocycles. The molecule has 1 aliphatic rings. The first kappa shape index (κ1) is 14.0. The van der Waals surface area contributed by atoms with Gasteiger partial charge in [0.25, 0.3) is 0 Å². The predicted octanol–water partition coefficient (Wildman–Crippen LogP) is 2.89. The van der Waals surface area contributed by atoms with E-state index >= 15 is 0 Å². The molecule has 0 spiro atoms. The maximum Gasteiger partial charge on any atom is 0.331 e. The molecule has 0 fully saturated rings. The number of aliphatic carboxylic acids is 1. The second-order valence-corrected chi connectivity index (χ2v) is 4.45. The number of hydrogen-bond acceptors (Lipinski definition) is 2. The average molecular weight is 237 g/mol. The Hall–Kier alpha value is -1.09. The van der Waals surface area contributed by atoms with Gasteiger partial charge in [-0.3, -0.25) is 0 Å². The van der Waals surface area contributed by atoms with Crippen molar-refractivity contribution in [1.29, 1.82) is 0 Å². The highest BCUT2D eigenvalue weighted by atomic mass is 16.4. The highest BCUT2D eigenvalue weighted by molar-refractivity contribution is 5.86. The fourth-order valence-corrected chi connectivity index (χ4v) is 2.06. The summed E-state index contributed by atoms with van der Waals surface area (Å²) in [5.74, 6) is -0.802. The van der Waals surface area contributed by atoms with Crippen LogP contribution < -0.4 is 5.32 Å². The summed E-state index contributed by atoms with van der Waals surface area (Å²) < 4.78 is 0. The molecule has 0 saturated carbocycles. The van der Waals surface area contributed by atoms with E-state index in [0.717, 1.165) is 13.0 Å². The Labute approximate surface area is 104 Å². The van der Waals surface area contributed by atoms with Crippen LogP contribution in [-0.4, -0.2) is 24.2 Å². The lowest BCUT2D eigenvalue weighted by Gasteiger charge is -2.12. The van der Waals surface area contributed by atoms with Crippen molar-refractivity contribution in [3.63, 3.8) is 0 Å². The zero-order chi connectivity index (χ0) is 12.5. The number of carbonyl (C=O) groups is 1. The number of nitrogens with one attached hydrogen (secondary N) is 1. The van der Waals surface area contributed by atoms with Crippen molar-refractivity contribution in [2.75, 3.05) is 13.1 Å². The molecule has 0 aromatic heterocycles. The van der Waals surface area contributed by atoms with E-state index in [4.69, 9.17) is 5.11 Å². The second-order valence-electron chi connectivity index (χ2n) is 4.45. The zero-order valence-corrected chi connectivity index (χ0v) is 10.7. The van der Waals surface area contributed by atoms with Crippen molar-refractivity contribution < 1.29 is 9.90 Å². The molecule has 3 heteroatoms. The molecule has 0 atom stereocenters. The summed E-state index contributed by atoms with van der Waals surface area (Å²) in [5, 5.41) is 12.1. The van der Waals surface area contributed by atoms with E-state index < -0.39 is 5.97 Å². The first-order valence-electron chi connectivity index (χ1n) is 6.55. The normalized spacial score (nSPS) is 16.8. The quantitative estimate of drug-likeness (QED) is 0.406. The lowest BCUT2D eigenvalue weighted by Crippen LogP contribution is -2.17. The Kier molecular flexibility index (Phi) is 6.63. The number of hydrogen-bond donors (Lipinski definition) is 2. The summed E-state index contributed by atoms with van der Waals surface area (Å²) in [6.45, 7) is 3.47.